The largest absolute Gasteiger partial charge is 0.508 e. The van der Waals surface area contributed by atoms with Crippen molar-refractivity contribution >= 4 is 23.2 Å². The summed E-state index contributed by atoms with van der Waals surface area (Å²) < 4.78 is 4.46. The first-order valence-electron chi connectivity index (χ1n) is 6.25. The normalized spacial score (nSPS) is 11.1. The van der Waals surface area contributed by atoms with E-state index in [0.717, 1.165) is 0 Å². The van der Waals surface area contributed by atoms with Gasteiger partial charge in [-0.25, -0.2) is 5.43 Å². The second-order valence-corrected chi connectivity index (χ2v) is 4.42. The number of aromatic hydroxyl groups is 1. The molecule has 1 aromatic heterocycles. The molecule has 3 rings (SSSR count). The van der Waals surface area contributed by atoms with Crippen LogP contribution in [0.4, 0.5) is 0 Å². The van der Waals surface area contributed by atoms with Crippen LogP contribution in [-0.4, -0.2) is 22.4 Å². The number of rotatable bonds is 3. The number of fused-ring (bicyclic) bond motifs is 1. The van der Waals surface area contributed by atoms with E-state index < -0.39 is 5.91 Å². The third-order valence-corrected chi connectivity index (χ3v) is 2.92. The minimum Gasteiger partial charge on any atom is -0.508 e. The Kier molecular flexibility index (Phi) is 3.40. The summed E-state index contributed by atoms with van der Waals surface area (Å²) in [6.07, 6.45) is 1.39. The smallest absolute Gasteiger partial charge is 0.271 e. The third kappa shape index (κ3) is 2.70. The molecule has 0 saturated heterocycles. The molecule has 2 aromatic carbocycles. The Morgan fingerprint density at radius 3 is 2.86 bits per heavy atom. The van der Waals surface area contributed by atoms with Crippen LogP contribution in [0.1, 0.15) is 15.9 Å². The highest BCUT2D eigenvalue weighted by atomic mass is 16.8. The molecule has 0 aliphatic carbocycles. The molecule has 0 atom stereocenters. The lowest BCUT2D eigenvalue weighted by Crippen LogP contribution is -2.22. The fourth-order valence-electron chi connectivity index (χ4n) is 1.81. The maximum absolute atomic E-state index is 11.8. The summed E-state index contributed by atoms with van der Waals surface area (Å²) in [6.45, 7) is 0. The molecule has 0 aliphatic rings. The fourth-order valence-corrected chi connectivity index (χ4v) is 1.81. The molecule has 8 heteroatoms. The minimum absolute atomic E-state index is 0.0768. The van der Waals surface area contributed by atoms with Crippen molar-refractivity contribution in [2.24, 2.45) is 5.10 Å². The molecule has 0 saturated carbocycles. The molecule has 1 heterocycles. The van der Waals surface area contributed by atoms with Crippen molar-refractivity contribution in [2.75, 3.05) is 0 Å². The van der Waals surface area contributed by atoms with Crippen LogP contribution in [0.25, 0.3) is 11.0 Å². The monoisotopic (exact) mass is 298 g/mol. The van der Waals surface area contributed by atoms with E-state index in [2.05, 4.69) is 20.3 Å². The number of benzene rings is 2. The molecule has 0 radical (unpaired) electrons. The zero-order valence-electron chi connectivity index (χ0n) is 11.1. The predicted molar refractivity (Wildman–Crippen MR) is 76.1 cm³/mol. The summed E-state index contributed by atoms with van der Waals surface area (Å²) in [5.41, 5.74) is 4.02. The highest BCUT2D eigenvalue weighted by Crippen LogP contribution is 2.10. The molecule has 0 bridgehead atoms. The number of amides is 1. The zero-order valence-corrected chi connectivity index (χ0v) is 11.1. The van der Waals surface area contributed by atoms with Crippen LogP contribution in [0, 0.1) is 5.21 Å². The molecule has 1 amide bonds. The van der Waals surface area contributed by atoms with Gasteiger partial charge in [0, 0.05) is 16.8 Å². The number of hydrogen-bond acceptors (Lipinski definition) is 6. The van der Waals surface area contributed by atoms with E-state index in [-0.39, 0.29) is 11.3 Å². The van der Waals surface area contributed by atoms with Crippen LogP contribution in [-0.2, 0) is 0 Å². The number of phenolic OH excluding ortho intramolecular Hbond substituents is 1. The van der Waals surface area contributed by atoms with Crippen molar-refractivity contribution in [3.8, 4) is 5.75 Å². The number of hydrogen-bond donors (Lipinski definition) is 2. The maximum Gasteiger partial charge on any atom is 0.271 e. The Morgan fingerprint density at radius 2 is 2.09 bits per heavy atom. The Bertz CT molecular complexity index is 855. The summed E-state index contributed by atoms with van der Waals surface area (Å²) in [5, 5.41) is 27.8. The van der Waals surface area contributed by atoms with Gasteiger partial charge >= 0.3 is 0 Å². The van der Waals surface area contributed by atoms with E-state index in [9.17, 15) is 10.0 Å². The molecule has 0 fully saturated rings. The first-order chi connectivity index (χ1) is 10.6. The number of nitrogens with one attached hydrogen (secondary N) is 1. The number of carbonyl (C=O) groups is 1. The van der Waals surface area contributed by atoms with Gasteiger partial charge in [-0.3, -0.25) is 9.42 Å². The molecule has 8 nitrogen and oxygen atoms in total. The summed E-state index contributed by atoms with van der Waals surface area (Å²) in [4.78, 5) is 12.1. The molecule has 110 valence electrons. The maximum atomic E-state index is 11.8. The molecule has 0 unspecified atom stereocenters. The van der Waals surface area contributed by atoms with Crippen LogP contribution in [0.15, 0.2) is 52.2 Å². The van der Waals surface area contributed by atoms with Crippen LogP contribution >= 0.6 is 0 Å². The summed E-state index contributed by atoms with van der Waals surface area (Å²) in [7, 11) is 0. The van der Waals surface area contributed by atoms with Crippen LogP contribution in [0.5, 0.6) is 5.75 Å². The van der Waals surface area contributed by atoms with Gasteiger partial charge in [0.1, 0.15) is 5.75 Å². The van der Waals surface area contributed by atoms with Crippen molar-refractivity contribution < 1.29 is 19.4 Å². The van der Waals surface area contributed by atoms with E-state index in [1.54, 1.807) is 12.1 Å². The standard InChI is InChI=1S/C14H10N4O4/c19-11-4-2-10(3-5-11)14(20)16-15-8-9-1-6-12-13(7-9)18(21)22-17-12/h1-8,19H,(H,16,20)/b15-8+. The Hall–Kier alpha value is -3.42. The van der Waals surface area contributed by atoms with Gasteiger partial charge in [0.05, 0.1) is 6.21 Å². The third-order valence-electron chi connectivity index (χ3n) is 2.92. The Morgan fingerprint density at radius 1 is 1.32 bits per heavy atom. The number of phenols is 1. The van der Waals surface area contributed by atoms with Gasteiger partial charge in [0.15, 0.2) is 0 Å². The first-order valence-corrected chi connectivity index (χ1v) is 6.25. The zero-order chi connectivity index (χ0) is 15.5. The van der Waals surface area contributed by atoms with E-state index in [0.29, 0.717) is 21.5 Å². The lowest BCUT2D eigenvalue weighted by molar-refractivity contribution is -0.782. The lowest BCUT2D eigenvalue weighted by Gasteiger charge is -1.99. The van der Waals surface area contributed by atoms with Gasteiger partial charge in [-0.1, -0.05) is 0 Å². The topological polar surface area (TPSA) is 115 Å². The quantitative estimate of drug-likeness (QED) is 0.424. The van der Waals surface area contributed by atoms with E-state index in [1.807, 2.05) is 0 Å². The summed E-state index contributed by atoms with van der Waals surface area (Å²) in [6, 6.07) is 10.6. The van der Waals surface area contributed by atoms with Crippen molar-refractivity contribution in [1.29, 1.82) is 0 Å². The average molecular weight is 298 g/mol. The van der Waals surface area contributed by atoms with Crippen LogP contribution in [0.3, 0.4) is 0 Å². The van der Waals surface area contributed by atoms with Crippen LogP contribution < -0.4 is 10.3 Å². The molecule has 3 aromatic rings. The Labute approximate surface area is 123 Å². The number of hydrazone groups is 1. The predicted octanol–water partition coefficient (Wildman–Crippen LogP) is 0.931. The highest BCUT2D eigenvalue weighted by Gasteiger charge is 2.08. The second kappa shape index (κ2) is 5.52. The number of carbonyl (C=O) groups excluding carboxylic acids is 1. The van der Waals surface area contributed by atoms with Gasteiger partial charge in [0.2, 0.25) is 11.0 Å². The van der Waals surface area contributed by atoms with E-state index >= 15 is 0 Å². The minimum atomic E-state index is -0.416. The van der Waals surface area contributed by atoms with Gasteiger partial charge in [-0.2, -0.15) is 5.10 Å². The average Bonchev–Trinajstić information content (AvgIpc) is 2.89. The van der Waals surface area contributed by atoms with E-state index in [1.165, 1.54) is 36.5 Å². The van der Waals surface area contributed by atoms with Crippen molar-refractivity contribution in [3.63, 3.8) is 0 Å². The number of aromatic nitrogens is 2. The second-order valence-electron chi connectivity index (χ2n) is 4.42. The highest BCUT2D eigenvalue weighted by molar-refractivity contribution is 5.95. The molecule has 0 aliphatic heterocycles. The van der Waals surface area contributed by atoms with Crippen molar-refractivity contribution in [2.45, 2.75) is 0 Å². The summed E-state index contributed by atoms with van der Waals surface area (Å²) in [5.74, 6) is -0.339. The van der Waals surface area contributed by atoms with Gasteiger partial charge in [-0.05, 0) is 46.9 Å². The van der Waals surface area contributed by atoms with Gasteiger partial charge < -0.3 is 10.3 Å². The fraction of sp³-hybridized carbons (Fsp3) is 0. The number of nitrogens with zero attached hydrogens (tertiary/aromatic N) is 3. The molecule has 0 spiro atoms. The van der Waals surface area contributed by atoms with Gasteiger partial charge in [0.25, 0.3) is 5.91 Å². The molecule has 2 N–H and O–H groups in total. The molecule has 22 heavy (non-hydrogen) atoms. The first kappa shape index (κ1) is 13.6. The van der Waals surface area contributed by atoms with Crippen molar-refractivity contribution in [3.05, 3.63) is 58.8 Å². The SMILES string of the molecule is O=C(N/N=C/c1ccc2no[n+]([O-])c2c1)c1ccc(O)cc1. The Balaban J connectivity index is 1.71. The molecular formula is C14H10N4O4. The van der Waals surface area contributed by atoms with Crippen LogP contribution in [0.2, 0.25) is 0 Å². The molecular weight excluding hydrogens is 288 g/mol. The van der Waals surface area contributed by atoms with Gasteiger partial charge in [-0.15, -0.1) is 0 Å². The lowest BCUT2D eigenvalue weighted by atomic mass is 10.2. The van der Waals surface area contributed by atoms with E-state index in [4.69, 9.17) is 5.11 Å². The summed E-state index contributed by atoms with van der Waals surface area (Å²) >= 11 is 0. The van der Waals surface area contributed by atoms with Crippen molar-refractivity contribution in [1.82, 2.24) is 10.6 Å².